The average molecular weight is 253 g/mol. The number of hydrogen-bond acceptors (Lipinski definition) is 4. The number of halogens is 3. The molecule has 0 bridgehead atoms. The number of carbonyl (C=O) groups is 2. The number of rotatable bonds is 3. The van der Waals surface area contributed by atoms with Crippen LogP contribution in [0.1, 0.15) is 13.3 Å². The third-order valence-electron chi connectivity index (χ3n) is 2.68. The summed E-state index contributed by atoms with van der Waals surface area (Å²) in [5.41, 5.74) is 5.09. The summed E-state index contributed by atoms with van der Waals surface area (Å²) in [6.45, 7) is 0.434. The minimum atomic E-state index is -4.56. The number of piperazine rings is 1. The Morgan fingerprint density at radius 3 is 2.53 bits per heavy atom. The molecule has 3 N–H and O–H groups in total. The molecule has 1 rings (SSSR count). The molecule has 2 unspecified atom stereocenters. The second kappa shape index (κ2) is 5.01. The number of nitrogens with two attached hydrogens (primary N) is 1. The molecule has 0 aromatic carbocycles. The van der Waals surface area contributed by atoms with Crippen LogP contribution in [-0.4, -0.2) is 48.1 Å². The molecule has 0 spiro atoms. The highest BCUT2D eigenvalue weighted by Gasteiger charge is 2.48. The lowest BCUT2D eigenvalue weighted by molar-refractivity contribution is -0.191. The molecule has 0 radical (unpaired) electrons. The van der Waals surface area contributed by atoms with Gasteiger partial charge < -0.3 is 5.73 Å². The SMILES string of the molecule is CCC1C(=O)NC(=O)CN1C(CN)C(F)(F)F. The summed E-state index contributed by atoms with van der Waals surface area (Å²) in [6, 6.07) is -2.94. The topological polar surface area (TPSA) is 75.4 Å². The highest BCUT2D eigenvalue weighted by molar-refractivity contribution is 6.01. The van der Waals surface area contributed by atoms with Crippen LogP contribution < -0.4 is 11.1 Å². The zero-order chi connectivity index (χ0) is 13.2. The first kappa shape index (κ1) is 13.9. The van der Waals surface area contributed by atoms with Crippen LogP contribution in [0.15, 0.2) is 0 Å². The van der Waals surface area contributed by atoms with Crippen molar-refractivity contribution in [2.45, 2.75) is 31.6 Å². The van der Waals surface area contributed by atoms with E-state index in [-0.39, 0.29) is 6.42 Å². The second-order valence-corrected chi connectivity index (χ2v) is 3.80. The summed E-state index contributed by atoms with van der Waals surface area (Å²) >= 11 is 0. The van der Waals surface area contributed by atoms with Gasteiger partial charge in [0, 0.05) is 6.54 Å². The molecule has 2 amide bonds. The smallest absolute Gasteiger partial charge is 0.329 e. The van der Waals surface area contributed by atoms with E-state index in [1.165, 1.54) is 0 Å². The maximum absolute atomic E-state index is 12.7. The molecule has 5 nitrogen and oxygen atoms in total. The number of nitrogens with zero attached hydrogens (tertiary/aromatic N) is 1. The van der Waals surface area contributed by atoms with Crippen LogP contribution in [0, 0.1) is 0 Å². The summed E-state index contributed by atoms with van der Waals surface area (Å²) < 4.78 is 38.1. The molecule has 1 saturated heterocycles. The molecule has 0 aromatic heterocycles. The predicted molar refractivity (Wildman–Crippen MR) is 52.8 cm³/mol. The van der Waals surface area contributed by atoms with E-state index in [4.69, 9.17) is 5.73 Å². The van der Waals surface area contributed by atoms with E-state index in [9.17, 15) is 22.8 Å². The number of hydrogen-bond donors (Lipinski definition) is 2. The number of imide groups is 1. The van der Waals surface area contributed by atoms with Crippen molar-refractivity contribution in [3.8, 4) is 0 Å². The van der Waals surface area contributed by atoms with Crippen LogP contribution in [0.25, 0.3) is 0 Å². The van der Waals surface area contributed by atoms with Crippen molar-refractivity contribution in [2.24, 2.45) is 5.73 Å². The average Bonchev–Trinajstić information content (AvgIpc) is 2.15. The molecule has 1 fully saturated rings. The Bertz CT molecular complexity index is 319. The Hall–Kier alpha value is -1.15. The maximum atomic E-state index is 12.7. The van der Waals surface area contributed by atoms with E-state index >= 15 is 0 Å². The predicted octanol–water partition coefficient (Wildman–Crippen LogP) is -0.387. The first-order valence-corrected chi connectivity index (χ1v) is 5.17. The summed E-state index contributed by atoms with van der Waals surface area (Å²) in [4.78, 5) is 23.3. The van der Waals surface area contributed by atoms with E-state index in [2.05, 4.69) is 0 Å². The van der Waals surface area contributed by atoms with Crippen molar-refractivity contribution in [1.29, 1.82) is 0 Å². The largest absolute Gasteiger partial charge is 0.405 e. The van der Waals surface area contributed by atoms with Gasteiger partial charge in [0.2, 0.25) is 11.8 Å². The molecule has 98 valence electrons. The lowest BCUT2D eigenvalue weighted by Gasteiger charge is -2.39. The molecule has 1 aliphatic rings. The van der Waals surface area contributed by atoms with Crippen molar-refractivity contribution in [3.05, 3.63) is 0 Å². The van der Waals surface area contributed by atoms with Crippen molar-refractivity contribution in [3.63, 3.8) is 0 Å². The van der Waals surface area contributed by atoms with Gasteiger partial charge >= 0.3 is 6.18 Å². The summed E-state index contributed by atoms with van der Waals surface area (Å²) in [6.07, 6.45) is -4.37. The first-order chi connectivity index (χ1) is 7.81. The van der Waals surface area contributed by atoms with Crippen molar-refractivity contribution < 1.29 is 22.8 Å². The number of amides is 2. The monoisotopic (exact) mass is 253 g/mol. The lowest BCUT2D eigenvalue weighted by atomic mass is 10.1. The third kappa shape index (κ3) is 2.95. The number of alkyl halides is 3. The molecule has 0 saturated carbocycles. The summed E-state index contributed by atoms with van der Waals surface area (Å²) in [7, 11) is 0. The van der Waals surface area contributed by atoms with Gasteiger partial charge in [0.15, 0.2) is 0 Å². The van der Waals surface area contributed by atoms with Gasteiger partial charge in [-0.05, 0) is 6.42 Å². The standard InChI is InChI=1S/C9H14F3N3O2/c1-2-5-8(17)14-7(16)4-15(5)6(3-13)9(10,11)12/h5-6H,2-4,13H2,1H3,(H,14,16,17). The fourth-order valence-corrected chi connectivity index (χ4v) is 1.89. The molecule has 2 atom stereocenters. The van der Waals surface area contributed by atoms with Gasteiger partial charge in [0.05, 0.1) is 12.6 Å². The minimum absolute atomic E-state index is 0.186. The Balaban J connectivity index is 2.98. The van der Waals surface area contributed by atoms with E-state index in [1.807, 2.05) is 5.32 Å². The number of carbonyl (C=O) groups excluding carboxylic acids is 2. The normalized spacial score (nSPS) is 24.6. The Morgan fingerprint density at radius 1 is 1.53 bits per heavy atom. The molecule has 1 aliphatic heterocycles. The molecular weight excluding hydrogens is 239 g/mol. The molecule has 0 aliphatic carbocycles. The van der Waals surface area contributed by atoms with Crippen LogP contribution >= 0.6 is 0 Å². The fourth-order valence-electron chi connectivity index (χ4n) is 1.89. The van der Waals surface area contributed by atoms with Crippen LogP contribution in [0.2, 0.25) is 0 Å². The van der Waals surface area contributed by atoms with Crippen LogP contribution in [0.4, 0.5) is 13.2 Å². The fraction of sp³-hybridized carbons (Fsp3) is 0.778. The molecule has 8 heteroatoms. The van der Waals surface area contributed by atoms with Gasteiger partial charge in [-0.25, -0.2) is 0 Å². The first-order valence-electron chi connectivity index (χ1n) is 5.17. The van der Waals surface area contributed by atoms with E-state index in [0.29, 0.717) is 0 Å². The zero-order valence-electron chi connectivity index (χ0n) is 9.25. The van der Waals surface area contributed by atoms with Gasteiger partial charge in [0.1, 0.15) is 6.04 Å². The Morgan fingerprint density at radius 2 is 2.12 bits per heavy atom. The Labute approximate surface area is 96.1 Å². The molecule has 0 aromatic rings. The highest BCUT2D eigenvalue weighted by Crippen LogP contribution is 2.27. The molecule has 1 heterocycles. The van der Waals surface area contributed by atoms with Gasteiger partial charge in [-0.1, -0.05) is 6.92 Å². The van der Waals surface area contributed by atoms with Gasteiger partial charge in [-0.3, -0.25) is 19.8 Å². The van der Waals surface area contributed by atoms with Gasteiger partial charge in [-0.15, -0.1) is 0 Å². The van der Waals surface area contributed by atoms with Crippen LogP contribution in [0.5, 0.6) is 0 Å². The summed E-state index contributed by atoms with van der Waals surface area (Å²) in [5.74, 6) is -1.44. The van der Waals surface area contributed by atoms with Gasteiger partial charge in [0.25, 0.3) is 0 Å². The van der Waals surface area contributed by atoms with Crippen molar-refractivity contribution in [2.75, 3.05) is 13.1 Å². The van der Waals surface area contributed by atoms with Crippen LogP contribution in [0.3, 0.4) is 0 Å². The van der Waals surface area contributed by atoms with E-state index in [1.54, 1.807) is 6.92 Å². The van der Waals surface area contributed by atoms with Crippen molar-refractivity contribution >= 4 is 11.8 Å². The molecular formula is C9H14F3N3O2. The second-order valence-electron chi connectivity index (χ2n) is 3.80. The maximum Gasteiger partial charge on any atom is 0.405 e. The van der Waals surface area contributed by atoms with E-state index in [0.717, 1.165) is 4.90 Å². The minimum Gasteiger partial charge on any atom is -0.329 e. The van der Waals surface area contributed by atoms with Crippen molar-refractivity contribution in [1.82, 2.24) is 10.2 Å². The number of nitrogens with one attached hydrogen (secondary N) is 1. The summed E-state index contributed by atoms with van der Waals surface area (Å²) in [5, 5.41) is 2.01. The van der Waals surface area contributed by atoms with E-state index < -0.39 is 43.2 Å². The van der Waals surface area contributed by atoms with Gasteiger partial charge in [-0.2, -0.15) is 13.2 Å². The highest BCUT2D eigenvalue weighted by atomic mass is 19.4. The van der Waals surface area contributed by atoms with Crippen LogP contribution in [-0.2, 0) is 9.59 Å². The molecule has 17 heavy (non-hydrogen) atoms. The Kier molecular flexibility index (Phi) is 4.10. The third-order valence-corrected chi connectivity index (χ3v) is 2.68. The quantitative estimate of drug-likeness (QED) is 0.672. The zero-order valence-corrected chi connectivity index (χ0v) is 9.25. The lowest BCUT2D eigenvalue weighted by Crippen LogP contribution is -2.64.